The maximum absolute atomic E-state index is 12.9. The van der Waals surface area contributed by atoms with Crippen molar-refractivity contribution in [2.75, 3.05) is 18.5 Å². The Hall–Kier alpha value is -3.88. The van der Waals surface area contributed by atoms with Crippen molar-refractivity contribution in [2.24, 2.45) is 0 Å². The number of aryl methyl sites for hydroxylation is 1. The van der Waals surface area contributed by atoms with E-state index in [0.717, 1.165) is 0 Å². The first kappa shape index (κ1) is 21.4. The third kappa shape index (κ3) is 4.27. The van der Waals surface area contributed by atoms with Crippen LogP contribution in [0.2, 0.25) is 0 Å². The van der Waals surface area contributed by atoms with Crippen LogP contribution in [-0.2, 0) is 16.1 Å². The van der Waals surface area contributed by atoms with Crippen molar-refractivity contribution >= 4 is 28.3 Å². The summed E-state index contributed by atoms with van der Waals surface area (Å²) >= 11 is 0. The van der Waals surface area contributed by atoms with Gasteiger partial charge in [0, 0.05) is 23.7 Å². The van der Waals surface area contributed by atoms with Crippen LogP contribution in [-0.4, -0.2) is 41.0 Å². The van der Waals surface area contributed by atoms with Crippen molar-refractivity contribution in [1.29, 1.82) is 0 Å². The second-order valence-corrected chi connectivity index (χ2v) is 7.32. The summed E-state index contributed by atoms with van der Waals surface area (Å²) in [6.07, 6.45) is -0.420. The molecule has 0 spiro atoms. The summed E-state index contributed by atoms with van der Waals surface area (Å²) in [4.78, 5) is 38.1. The Labute approximate surface area is 183 Å². The van der Waals surface area contributed by atoms with Crippen LogP contribution in [0, 0.1) is 0 Å². The van der Waals surface area contributed by atoms with Crippen LogP contribution >= 0.6 is 0 Å². The van der Waals surface area contributed by atoms with E-state index in [1.54, 1.807) is 42.5 Å². The Morgan fingerprint density at radius 1 is 1.12 bits per heavy atom. The second kappa shape index (κ2) is 9.09. The van der Waals surface area contributed by atoms with Crippen molar-refractivity contribution in [3.8, 4) is 11.5 Å². The minimum absolute atomic E-state index is 0.00682. The number of hydrogen-bond acceptors (Lipinski definition) is 7. The van der Waals surface area contributed by atoms with Crippen LogP contribution in [0.1, 0.15) is 30.8 Å². The number of anilines is 1. The number of esters is 1. The smallest absolute Gasteiger partial charge is 0.360 e. The molecule has 0 radical (unpaired) electrons. The number of carbonyl (C=O) groups excluding carboxylic acids is 2. The number of benzene rings is 2. The molecule has 2 aromatic carbocycles. The van der Waals surface area contributed by atoms with E-state index in [2.05, 4.69) is 10.4 Å². The average molecular weight is 437 g/mol. The van der Waals surface area contributed by atoms with Gasteiger partial charge in [0.25, 0.3) is 11.5 Å². The Bertz CT molecular complexity index is 1240. The molecule has 0 aliphatic carbocycles. The largest absolute Gasteiger partial charge is 0.486 e. The summed E-state index contributed by atoms with van der Waals surface area (Å²) in [6, 6.07) is 11.7. The van der Waals surface area contributed by atoms with E-state index in [0.29, 0.717) is 54.1 Å². The van der Waals surface area contributed by atoms with E-state index in [1.165, 1.54) is 11.6 Å². The van der Waals surface area contributed by atoms with Gasteiger partial charge in [-0.05, 0) is 31.5 Å². The van der Waals surface area contributed by atoms with Crippen molar-refractivity contribution in [2.45, 2.75) is 32.9 Å². The van der Waals surface area contributed by atoms with Crippen LogP contribution in [0.3, 0.4) is 0 Å². The molecule has 1 aromatic heterocycles. The zero-order valence-corrected chi connectivity index (χ0v) is 17.8. The molecule has 9 heteroatoms. The number of amides is 1. The van der Waals surface area contributed by atoms with Gasteiger partial charge in [0.2, 0.25) is 0 Å². The molecule has 4 rings (SSSR count). The predicted octanol–water partition coefficient (Wildman–Crippen LogP) is 2.76. The summed E-state index contributed by atoms with van der Waals surface area (Å²) in [5.41, 5.74) is 0.207. The number of carbonyl (C=O) groups is 2. The van der Waals surface area contributed by atoms with Gasteiger partial charge in [0.05, 0.1) is 5.39 Å². The number of ether oxygens (including phenoxy) is 3. The SMILES string of the molecule is CCCn1nc(C(=O)O[C@H](C)C(=O)Nc2ccc3c(c2)OCCO3)c2ccccc2c1=O. The number of hydrogen-bond donors (Lipinski definition) is 1. The van der Waals surface area contributed by atoms with E-state index < -0.39 is 18.0 Å². The maximum Gasteiger partial charge on any atom is 0.360 e. The fourth-order valence-corrected chi connectivity index (χ4v) is 3.38. The highest BCUT2D eigenvalue weighted by Crippen LogP contribution is 2.32. The first-order valence-corrected chi connectivity index (χ1v) is 10.4. The number of aromatic nitrogens is 2. The number of nitrogens with one attached hydrogen (secondary N) is 1. The van der Waals surface area contributed by atoms with Crippen molar-refractivity contribution in [1.82, 2.24) is 9.78 Å². The normalized spacial score (nSPS) is 13.4. The standard InChI is InChI=1S/C23H23N3O6/c1-3-10-26-22(28)17-7-5-4-6-16(17)20(25-26)23(29)32-14(2)21(27)24-15-8-9-18-19(13-15)31-12-11-30-18/h4-9,13-14H,3,10-12H2,1-2H3,(H,24,27)/t14-/m1/s1. The van der Waals surface area contributed by atoms with Crippen molar-refractivity contribution in [3.63, 3.8) is 0 Å². The zero-order valence-electron chi connectivity index (χ0n) is 17.8. The van der Waals surface area contributed by atoms with Gasteiger partial charge >= 0.3 is 5.97 Å². The van der Waals surface area contributed by atoms with E-state index in [9.17, 15) is 14.4 Å². The lowest BCUT2D eigenvalue weighted by atomic mass is 10.1. The molecule has 32 heavy (non-hydrogen) atoms. The fraction of sp³-hybridized carbons (Fsp3) is 0.304. The summed E-state index contributed by atoms with van der Waals surface area (Å²) < 4.78 is 17.6. The van der Waals surface area contributed by atoms with Gasteiger partial charge in [0.1, 0.15) is 13.2 Å². The van der Waals surface area contributed by atoms with Gasteiger partial charge in [-0.1, -0.05) is 25.1 Å². The van der Waals surface area contributed by atoms with Gasteiger partial charge in [-0.3, -0.25) is 9.59 Å². The van der Waals surface area contributed by atoms with Crippen LogP contribution < -0.4 is 20.3 Å². The summed E-state index contributed by atoms with van der Waals surface area (Å²) in [5.74, 6) is -0.154. The molecule has 1 aliphatic rings. The van der Waals surface area contributed by atoms with E-state index >= 15 is 0 Å². The molecule has 1 aliphatic heterocycles. The lowest BCUT2D eigenvalue weighted by molar-refractivity contribution is -0.123. The van der Waals surface area contributed by atoms with Crippen LogP contribution in [0.5, 0.6) is 11.5 Å². The minimum Gasteiger partial charge on any atom is -0.486 e. The molecular weight excluding hydrogens is 414 g/mol. The van der Waals surface area contributed by atoms with Gasteiger partial charge in [0.15, 0.2) is 23.3 Å². The first-order valence-electron chi connectivity index (χ1n) is 10.4. The third-order valence-corrected chi connectivity index (χ3v) is 4.96. The predicted molar refractivity (Wildman–Crippen MR) is 117 cm³/mol. The highest BCUT2D eigenvalue weighted by atomic mass is 16.6. The topological polar surface area (TPSA) is 109 Å². The summed E-state index contributed by atoms with van der Waals surface area (Å²) in [7, 11) is 0. The van der Waals surface area contributed by atoms with Crippen molar-refractivity contribution < 1.29 is 23.8 Å². The molecule has 1 N–H and O–H groups in total. The van der Waals surface area contributed by atoms with Gasteiger partial charge in [-0.2, -0.15) is 5.10 Å². The van der Waals surface area contributed by atoms with Crippen LogP contribution in [0.25, 0.3) is 10.8 Å². The Balaban J connectivity index is 1.52. The summed E-state index contributed by atoms with van der Waals surface area (Å²) in [5, 5.41) is 7.66. The fourth-order valence-electron chi connectivity index (χ4n) is 3.38. The molecule has 9 nitrogen and oxygen atoms in total. The zero-order chi connectivity index (χ0) is 22.7. The molecule has 1 amide bonds. The maximum atomic E-state index is 12.9. The van der Waals surface area contributed by atoms with Crippen molar-refractivity contribution in [3.05, 3.63) is 58.5 Å². The number of fused-ring (bicyclic) bond motifs is 2. The van der Waals surface area contributed by atoms with E-state index in [4.69, 9.17) is 14.2 Å². The lowest BCUT2D eigenvalue weighted by Crippen LogP contribution is -2.32. The average Bonchev–Trinajstić information content (AvgIpc) is 2.80. The van der Waals surface area contributed by atoms with Crippen LogP contribution in [0.15, 0.2) is 47.3 Å². The Morgan fingerprint density at radius 2 is 1.84 bits per heavy atom. The molecule has 166 valence electrons. The molecule has 0 saturated carbocycles. The summed E-state index contributed by atoms with van der Waals surface area (Å²) in [6.45, 7) is 4.64. The van der Waals surface area contributed by atoms with E-state index in [-0.39, 0.29) is 11.3 Å². The Kier molecular flexibility index (Phi) is 6.07. The number of nitrogens with zero attached hydrogens (tertiary/aromatic N) is 2. The van der Waals surface area contributed by atoms with Gasteiger partial charge < -0.3 is 19.5 Å². The molecule has 2 heterocycles. The minimum atomic E-state index is -1.09. The lowest BCUT2D eigenvalue weighted by Gasteiger charge is -2.19. The molecule has 0 bridgehead atoms. The first-order chi connectivity index (χ1) is 15.5. The quantitative estimate of drug-likeness (QED) is 0.591. The second-order valence-electron chi connectivity index (χ2n) is 7.32. The highest BCUT2D eigenvalue weighted by Gasteiger charge is 2.24. The molecule has 1 atom stereocenters. The third-order valence-electron chi connectivity index (χ3n) is 4.96. The molecule has 0 fully saturated rings. The molecular formula is C23H23N3O6. The highest BCUT2D eigenvalue weighted by molar-refractivity contribution is 6.03. The Morgan fingerprint density at radius 3 is 2.59 bits per heavy atom. The molecule has 3 aromatic rings. The van der Waals surface area contributed by atoms with Gasteiger partial charge in [-0.25, -0.2) is 9.48 Å². The molecule has 0 unspecified atom stereocenters. The van der Waals surface area contributed by atoms with E-state index in [1.807, 2.05) is 6.92 Å². The monoisotopic (exact) mass is 437 g/mol. The van der Waals surface area contributed by atoms with Gasteiger partial charge in [-0.15, -0.1) is 0 Å². The molecule has 0 saturated heterocycles. The number of rotatable bonds is 6. The van der Waals surface area contributed by atoms with Crippen LogP contribution in [0.4, 0.5) is 5.69 Å².